The van der Waals surface area contributed by atoms with Gasteiger partial charge in [0.2, 0.25) is 0 Å². The summed E-state index contributed by atoms with van der Waals surface area (Å²) < 4.78 is 31.7. The fraction of sp³-hybridized carbons (Fsp3) is 0.545. The molecule has 11 aromatic rings. The summed E-state index contributed by atoms with van der Waals surface area (Å²) in [4.78, 5) is 13.7. The van der Waals surface area contributed by atoms with Crippen LogP contribution in [0.4, 0.5) is 0 Å². The summed E-state index contributed by atoms with van der Waals surface area (Å²) in [6, 6.07) is 42.1. The highest BCUT2D eigenvalue weighted by atomic mass is 16.4. The average Bonchev–Trinajstić information content (AvgIpc) is 1.59. The topological polar surface area (TPSA) is 183 Å². The smallest absolute Gasteiger partial charge is 0.134 e. The van der Waals surface area contributed by atoms with E-state index in [1.54, 1.807) is 30.3 Å². The van der Waals surface area contributed by atoms with E-state index in [0.29, 0.717) is 94.5 Å². The van der Waals surface area contributed by atoms with Crippen molar-refractivity contribution in [1.29, 1.82) is 0 Å². The number of phenols is 5. The highest BCUT2D eigenvalue weighted by Crippen LogP contribution is 2.58. The molecule has 608 valence electrons. The second-order valence-corrected chi connectivity index (χ2v) is 39.0. The molecule has 116 heavy (non-hydrogen) atoms. The second kappa shape index (κ2) is 30.0. The number of piperidine rings is 10. The summed E-state index contributed by atoms with van der Waals surface area (Å²) in [5, 5.41) is 55.0. The number of unbranched alkanes of at least 4 members (excludes halogenated alkanes) is 1. The molecule has 24 atom stereocenters. The SMILES string of the molecule is CCC1CC2CC3c4oc5ccc(O)cc5c4CCN(C2)C13.CCCC1CC2CC3c4oc5ccc(O)cc5c4CCN(C2)C13.CCCCC1CC2CC3c4oc5ccc(O)cc5c4CCN(C2)C13.Oc1ccc2oc3c(c2c1)CCN1CC2CC(Cc4ccccc4)C1C3C2.Oc1ccc2oc3c(c2c1)CCN1CC2CCC1C3C2. The van der Waals surface area contributed by atoms with Crippen molar-refractivity contribution in [3.8, 4) is 28.7 Å². The molecule has 24 unspecified atom stereocenters. The zero-order chi connectivity index (χ0) is 77.9. The highest BCUT2D eigenvalue weighted by molar-refractivity contribution is 5.88. The van der Waals surface area contributed by atoms with Crippen molar-refractivity contribution >= 4 is 54.8 Å². The van der Waals surface area contributed by atoms with Crippen molar-refractivity contribution in [3.63, 3.8) is 0 Å². The monoisotopic (exact) mass is 1560 g/mol. The molecule has 5 saturated carbocycles. The normalized spacial score (nSPS) is 34.4. The van der Waals surface area contributed by atoms with Crippen LogP contribution in [-0.4, -0.2) is 146 Å². The maximum atomic E-state index is 9.97. The van der Waals surface area contributed by atoms with Crippen molar-refractivity contribution < 1.29 is 47.6 Å². The fourth-order valence-electron chi connectivity index (χ4n) is 28.2. The maximum absolute atomic E-state index is 9.97. The highest BCUT2D eigenvalue weighted by Gasteiger charge is 2.55. The first kappa shape index (κ1) is 74.1. The Kier molecular flexibility index (Phi) is 19.1. The van der Waals surface area contributed by atoms with Crippen molar-refractivity contribution in [1.82, 2.24) is 24.5 Å². The van der Waals surface area contributed by atoms with Gasteiger partial charge in [0.05, 0.1) is 0 Å². The Morgan fingerprint density at radius 2 is 0.647 bits per heavy atom. The Bertz CT molecular complexity index is 5470. The first-order valence-electron chi connectivity index (χ1n) is 45.7. The molecule has 20 heterocycles. The van der Waals surface area contributed by atoms with E-state index >= 15 is 0 Å². The first-order chi connectivity index (χ1) is 56.8. The van der Waals surface area contributed by atoms with Gasteiger partial charge in [0.15, 0.2) is 0 Å². The van der Waals surface area contributed by atoms with E-state index in [1.165, 1.54) is 210 Å². The van der Waals surface area contributed by atoms with Crippen LogP contribution in [0.5, 0.6) is 28.7 Å². The first-order valence-corrected chi connectivity index (χ1v) is 45.7. The number of fused-ring (bicyclic) bond motifs is 20. The van der Waals surface area contributed by atoms with Gasteiger partial charge in [-0.25, -0.2) is 0 Å². The minimum absolute atomic E-state index is 0.335. The average molecular weight is 1560 g/mol. The molecule has 0 radical (unpaired) electrons. The quantitative estimate of drug-likeness (QED) is 0.0968. The van der Waals surface area contributed by atoms with Crippen LogP contribution < -0.4 is 0 Å². The van der Waals surface area contributed by atoms with Gasteiger partial charge in [-0.1, -0.05) is 76.8 Å². The molecule has 0 amide bonds. The molecule has 6 aromatic carbocycles. The number of hydrogen-bond acceptors (Lipinski definition) is 15. The lowest BCUT2D eigenvalue weighted by molar-refractivity contribution is -0.0192. The number of hydrogen-bond donors (Lipinski definition) is 5. The van der Waals surface area contributed by atoms with Crippen molar-refractivity contribution in [2.45, 2.75) is 228 Å². The van der Waals surface area contributed by atoms with E-state index < -0.39 is 0 Å². The molecule has 15 fully saturated rings. The number of benzene rings is 6. The molecule has 0 spiro atoms. The van der Waals surface area contributed by atoms with Gasteiger partial charge in [0, 0.05) is 180 Å². The van der Waals surface area contributed by atoms with Gasteiger partial charge in [-0.3, -0.25) is 24.5 Å². The van der Waals surface area contributed by atoms with Crippen LogP contribution >= 0.6 is 0 Å². The van der Waals surface area contributed by atoms with Crippen LogP contribution in [0.1, 0.15) is 222 Å². The molecular weight excluding hydrogens is 1440 g/mol. The van der Waals surface area contributed by atoms with Gasteiger partial charge >= 0.3 is 0 Å². The maximum Gasteiger partial charge on any atom is 0.134 e. The van der Waals surface area contributed by atoms with Crippen molar-refractivity contribution in [2.24, 2.45) is 53.3 Å². The van der Waals surface area contributed by atoms with Crippen LogP contribution in [0.15, 0.2) is 143 Å². The lowest BCUT2D eigenvalue weighted by Crippen LogP contribution is -2.56. The van der Waals surface area contributed by atoms with Gasteiger partial charge in [0.25, 0.3) is 0 Å². The van der Waals surface area contributed by atoms with Crippen LogP contribution in [0.2, 0.25) is 0 Å². The third-order valence-electron chi connectivity index (χ3n) is 32.4. The predicted octanol–water partition coefficient (Wildman–Crippen LogP) is 20.9. The molecule has 5 aromatic heterocycles. The standard InChI is InChI=1S/C24H25NO2.C21H27NO2.C20H25NO2.C19H23NO2.C17H19NO2/c26-18-6-7-22-20(13-18)19-8-9-25-14-16-11-17(10-15-4-2-1-3-5-15)23(25)21(12-16)24(19)27-22;1-2-3-4-14-9-13-10-18-20(14)22(12-13)8-7-16-17-11-15(23)5-6-19(17)24-21(16)18;1-2-3-13-8-12-9-17-19(13)21(11-12)7-6-15-16-10-14(22)4-5-18(16)23-20(15)17;1-2-12-7-11-8-16-18(12)20(10-11)6-5-14-15-9-13(21)3-4-17(15)22-19(14)16;19-11-2-4-16-13(8-11)12-5-6-18-9-10-1-3-15(18)14(7-10)17(12)20-16/h1-7,13,16-17,21,23,26H,8-12,14H2;5-6,11,13-14,18,20,23H,2-4,7-10,12H2,1H3;4-5,10,12-13,17,19,22H,2-3,6-9,11H2,1H3;3-4,9,11-12,16,18,21H,2,5-8,10H2,1H3;2,4,8,10,14-15,19H,1,3,5-7,9H2. The van der Waals surface area contributed by atoms with E-state index in [1.807, 2.05) is 60.7 Å². The van der Waals surface area contributed by atoms with Gasteiger partial charge in [-0.2, -0.15) is 0 Å². The largest absolute Gasteiger partial charge is 0.508 e. The number of rotatable bonds is 8. The molecule has 10 saturated heterocycles. The fourth-order valence-corrected chi connectivity index (χ4v) is 28.2. The van der Waals surface area contributed by atoms with Crippen molar-refractivity contribution in [3.05, 3.63) is 184 Å². The van der Waals surface area contributed by atoms with Crippen LogP contribution in [-0.2, 0) is 38.5 Å². The van der Waals surface area contributed by atoms with E-state index in [4.69, 9.17) is 22.1 Å². The molecule has 31 rings (SSSR count). The minimum Gasteiger partial charge on any atom is -0.508 e. The van der Waals surface area contributed by atoms with Gasteiger partial charge in [-0.15, -0.1) is 0 Å². The number of aromatic hydroxyl groups is 5. The third-order valence-corrected chi connectivity index (χ3v) is 32.4. The molecule has 20 aliphatic rings. The zero-order valence-electron chi connectivity index (χ0n) is 68.4. The minimum atomic E-state index is 0.335. The van der Waals surface area contributed by atoms with E-state index in [2.05, 4.69) is 75.6 Å². The number of nitrogens with zero attached hydrogens (tertiary/aromatic N) is 5. The van der Waals surface area contributed by atoms with Crippen LogP contribution in [0.3, 0.4) is 0 Å². The molecule has 5 N–H and O–H groups in total. The zero-order valence-corrected chi connectivity index (χ0v) is 68.4. The van der Waals surface area contributed by atoms with Crippen LogP contribution in [0.25, 0.3) is 54.8 Å². The van der Waals surface area contributed by atoms with E-state index in [-0.39, 0.29) is 0 Å². The lowest BCUT2D eigenvalue weighted by atomic mass is 9.65. The molecule has 15 aliphatic heterocycles. The molecule has 20 bridgehead atoms. The summed E-state index contributed by atoms with van der Waals surface area (Å²) in [6.07, 6.45) is 29.1. The Labute approximate surface area is 682 Å². The van der Waals surface area contributed by atoms with Gasteiger partial charge in [0.1, 0.15) is 85.5 Å². The molecule has 15 nitrogen and oxygen atoms in total. The van der Waals surface area contributed by atoms with E-state index in [9.17, 15) is 25.5 Å². The van der Waals surface area contributed by atoms with E-state index in [0.717, 1.165) is 167 Å². The van der Waals surface area contributed by atoms with Gasteiger partial charge in [-0.05, 0) is 272 Å². The van der Waals surface area contributed by atoms with Crippen molar-refractivity contribution in [2.75, 3.05) is 65.4 Å². The summed E-state index contributed by atoms with van der Waals surface area (Å²) in [5.41, 5.74) is 13.0. The third kappa shape index (κ3) is 12.9. The van der Waals surface area contributed by atoms with Crippen LogP contribution in [0, 0.1) is 53.3 Å². The Morgan fingerprint density at radius 1 is 0.319 bits per heavy atom. The predicted molar refractivity (Wildman–Crippen MR) is 455 cm³/mol. The number of phenolic OH excluding ortho intramolecular Hbond substituents is 5. The summed E-state index contributed by atoms with van der Waals surface area (Å²) in [6.45, 7) is 19.1. The number of furan rings is 5. The molecule has 5 aliphatic carbocycles. The Morgan fingerprint density at radius 3 is 1.02 bits per heavy atom. The summed E-state index contributed by atoms with van der Waals surface area (Å²) in [5.74, 6) is 18.0. The Balaban J connectivity index is 0.0000000882. The second-order valence-electron chi connectivity index (χ2n) is 39.0. The summed E-state index contributed by atoms with van der Waals surface area (Å²) in [7, 11) is 0. The van der Waals surface area contributed by atoms with Gasteiger partial charge < -0.3 is 47.6 Å². The Hall–Kier alpha value is -8.18. The lowest BCUT2D eigenvalue weighted by Gasteiger charge is -2.53. The molecular formula is C101H119N5O10. The molecule has 15 heteroatoms. The summed E-state index contributed by atoms with van der Waals surface area (Å²) >= 11 is 0.